The normalized spacial score (nSPS) is 18.6. The quantitative estimate of drug-likeness (QED) is 0.357. The number of anilines is 1. The molecule has 1 fully saturated rings. The molecule has 30 heavy (non-hydrogen) atoms. The lowest BCUT2D eigenvalue weighted by molar-refractivity contribution is -0.121. The number of ether oxygens (including phenoxy) is 2. The molecule has 0 bridgehead atoms. The first-order valence-corrected chi connectivity index (χ1v) is 11.7. The van der Waals surface area contributed by atoms with E-state index in [1.165, 1.54) is 12.7 Å². The molecule has 3 rings (SSSR count). The summed E-state index contributed by atoms with van der Waals surface area (Å²) in [4.78, 5) is 28.9. The van der Waals surface area contributed by atoms with Crippen LogP contribution in [0.2, 0.25) is 0 Å². The molecule has 0 radical (unpaired) electrons. The van der Waals surface area contributed by atoms with Gasteiger partial charge in [0.1, 0.15) is 5.82 Å². The van der Waals surface area contributed by atoms with Crippen LogP contribution < -0.4 is 5.32 Å². The van der Waals surface area contributed by atoms with Gasteiger partial charge in [0.25, 0.3) is 0 Å². The molecule has 1 saturated carbocycles. The number of benzene rings is 1. The van der Waals surface area contributed by atoms with Crippen molar-refractivity contribution < 1.29 is 19.1 Å². The van der Waals surface area contributed by atoms with Crippen LogP contribution in [0.4, 0.5) is 5.82 Å². The van der Waals surface area contributed by atoms with E-state index in [1.807, 2.05) is 18.2 Å². The van der Waals surface area contributed by atoms with Crippen LogP contribution in [0.15, 0.2) is 40.9 Å². The Hall–Kier alpha value is -1.52. The lowest BCUT2D eigenvalue weighted by Gasteiger charge is -2.27. The zero-order valence-electron chi connectivity index (χ0n) is 16.7. The Morgan fingerprint density at radius 3 is 2.57 bits per heavy atom. The highest BCUT2D eigenvalue weighted by molar-refractivity contribution is 14.1. The van der Waals surface area contributed by atoms with Crippen LogP contribution in [-0.4, -0.2) is 30.6 Å². The van der Waals surface area contributed by atoms with Gasteiger partial charge in [-0.15, -0.1) is 0 Å². The standard InChI is InChI=1S/C22H24BrIN2O4/c1-29-22(28)19-17(23)11-18(24)20(25-19)26-21(27)16-9-7-15(8-10-16)13-30-12-14-5-3-2-4-6-14/h2-6,11,15-16H,7-10,12-13H2,1H3,(H,25,26,27). The van der Waals surface area contributed by atoms with Crippen molar-refractivity contribution in [1.29, 1.82) is 0 Å². The summed E-state index contributed by atoms with van der Waals surface area (Å²) in [6.45, 7) is 1.34. The molecule has 160 valence electrons. The molecule has 1 amide bonds. The van der Waals surface area contributed by atoms with E-state index in [4.69, 9.17) is 9.47 Å². The third kappa shape index (κ3) is 6.24. The maximum atomic E-state index is 12.7. The van der Waals surface area contributed by atoms with Gasteiger partial charge in [-0.3, -0.25) is 4.79 Å². The maximum Gasteiger partial charge on any atom is 0.357 e. The monoisotopic (exact) mass is 586 g/mol. The summed E-state index contributed by atoms with van der Waals surface area (Å²) in [6, 6.07) is 11.9. The van der Waals surface area contributed by atoms with Crippen LogP contribution in [-0.2, 0) is 20.9 Å². The van der Waals surface area contributed by atoms with E-state index in [0.29, 0.717) is 22.8 Å². The van der Waals surface area contributed by atoms with Crippen molar-refractivity contribution >= 4 is 56.2 Å². The van der Waals surface area contributed by atoms with Gasteiger partial charge < -0.3 is 14.8 Å². The second-order valence-electron chi connectivity index (χ2n) is 7.35. The van der Waals surface area contributed by atoms with Crippen LogP contribution in [0.1, 0.15) is 41.7 Å². The molecule has 2 aromatic rings. The number of nitrogens with zero attached hydrogens (tertiary/aromatic N) is 1. The zero-order valence-corrected chi connectivity index (χ0v) is 20.4. The Labute approximate surface area is 198 Å². The van der Waals surface area contributed by atoms with Gasteiger partial charge >= 0.3 is 5.97 Å². The number of aromatic nitrogens is 1. The fraction of sp³-hybridized carbons (Fsp3) is 0.409. The molecule has 0 unspecified atom stereocenters. The van der Waals surface area contributed by atoms with Crippen LogP contribution in [0, 0.1) is 15.4 Å². The van der Waals surface area contributed by atoms with E-state index in [9.17, 15) is 9.59 Å². The predicted octanol–water partition coefficient (Wildman–Crippen LogP) is 5.20. The minimum Gasteiger partial charge on any atom is -0.464 e. The summed E-state index contributed by atoms with van der Waals surface area (Å²) in [5.41, 5.74) is 1.32. The number of halogens is 2. The van der Waals surface area contributed by atoms with Crippen molar-refractivity contribution in [3.8, 4) is 0 Å². The van der Waals surface area contributed by atoms with Crippen LogP contribution in [0.3, 0.4) is 0 Å². The number of nitrogens with one attached hydrogen (secondary N) is 1. The highest BCUT2D eigenvalue weighted by Gasteiger charge is 2.27. The Bertz CT molecular complexity index is 886. The number of esters is 1. The van der Waals surface area contributed by atoms with Gasteiger partial charge in [0, 0.05) is 12.5 Å². The van der Waals surface area contributed by atoms with Crippen LogP contribution in [0.5, 0.6) is 0 Å². The summed E-state index contributed by atoms with van der Waals surface area (Å²) >= 11 is 5.40. The first kappa shape index (κ1) is 23.1. The number of pyridine rings is 1. The van der Waals surface area contributed by atoms with Gasteiger partial charge in [-0.2, -0.15) is 0 Å². The lowest BCUT2D eigenvalue weighted by atomic mass is 9.82. The van der Waals surface area contributed by atoms with Crippen molar-refractivity contribution in [1.82, 2.24) is 4.98 Å². The van der Waals surface area contributed by atoms with Gasteiger partial charge in [-0.05, 0) is 81.8 Å². The van der Waals surface area contributed by atoms with E-state index in [-0.39, 0.29) is 17.5 Å². The lowest BCUT2D eigenvalue weighted by Crippen LogP contribution is -2.29. The first-order chi connectivity index (χ1) is 14.5. The Balaban J connectivity index is 1.49. The molecule has 0 aliphatic heterocycles. The number of carbonyl (C=O) groups excluding carboxylic acids is 2. The summed E-state index contributed by atoms with van der Waals surface area (Å²) in [6.07, 6.45) is 3.57. The molecule has 0 atom stereocenters. The second-order valence-corrected chi connectivity index (χ2v) is 9.36. The number of methoxy groups -OCH3 is 1. The minimum atomic E-state index is -0.551. The van der Waals surface area contributed by atoms with E-state index in [2.05, 4.69) is 61.0 Å². The zero-order chi connectivity index (χ0) is 21.5. The van der Waals surface area contributed by atoms with Crippen LogP contribution in [0.25, 0.3) is 0 Å². The summed E-state index contributed by atoms with van der Waals surface area (Å²) in [5.74, 6) is 0.206. The average molecular weight is 587 g/mol. The van der Waals surface area contributed by atoms with Crippen molar-refractivity contribution in [3.05, 3.63) is 55.7 Å². The average Bonchev–Trinajstić information content (AvgIpc) is 2.76. The molecule has 1 heterocycles. The van der Waals surface area contributed by atoms with E-state index >= 15 is 0 Å². The van der Waals surface area contributed by atoms with E-state index < -0.39 is 5.97 Å². The molecule has 6 nitrogen and oxygen atoms in total. The maximum absolute atomic E-state index is 12.7. The summed E-state index contributed by atoms with van der Waals surface area (Å²) < 4.78 is 11.9. The van der Waals surface area contributed by atoms with Gasteiger partial charge in [0.15, 0.2) is 5.69 Å². The third-order valence-corrected chi connectivity index (χ3v) is 6.66. The molecule has 1 aliphatic rings. The fourth-order valence-corrected chi connectivity index (χ4v) is 5.00. The Morgan fingerprint density at radius 1 is 1.20 bits per heavy atom. The molecule has 8 heteroatoms. The topological polar surface area (TPSA) is 77.5 Å². The fourth-order valence-electron chi connectivity index (χ4n) is 3.52. The number of carbonyl (C=O) groups is 2. The molecular weight excluding hydrogens is 563 g/mol. The first-order valence-electron chi connectivity index (χ1n) is 9.84. The van der Waals surface area contributed by atoms with Gasteiger partial charge in [0.05, 0.1) is 21.8 Å². The molecule has 1 aliphatic carbocycles. The molecular formula is C22H24BrIN2O4. The summed E-state index contributed by atoms with van der Waals surface area (Å²) in [7, 11) is 1.30. The van der Waals surface area contributed by atoms with Crippen molar-refractivity contribution in [3.63, 3.8) is 0 Å². The smallest absolute Gasteiger partial charge is 0.357 e. The molecule has 0 saturated heterocycles. The number of hydrogen-bond acceptors (Lipinski definition) is 5. The highest BCUT2D eigenvalue weighted by Crippen LogP contribution is 2.31. The van der Waals surface area contributed by atoms with Crippen LogP contribution >= 0.6 is 38.5 Å². The molecule has 1 N–H and O–H groups in total. The second kappa shape index (κ2) is 11.2. The molecule has 1 aromatic carbocycles. The summed E-state index contributed by atoms with van der Waals surface area (Å²) in [5, 5.41) is 2.89. The largest absolute Gasteiger partial charge is 0.464 e. The van der Waals surface area contributed by atoms with Gasteiger partial charge in [0.2, 0.25) is 5.91 Å². The van der Waals surface area contributed by atoms with E-state index in [0.717, 1.165) is 35.9 Å². The third-order valence-electron chi connectivity index (χ3n) is 5.23. The number of hydrogen-bond donors (Lipinski definition) is 1. The Morgan fingerprint density at radius 2 is 1.90 bits per heavy atom. The minimum absolute atomic E-state index is 0.0535. The van der Waals surface area contributed by atoms with Gasteiger partial charge in [-0.25, -0.2) is 9.78 Å². The molecule has 1 aromatic heterocycles. The number of rotatable bonds is 7. The highest BCUT2D eigenvalue weighted by atomic mass is 127. The SMILES string of the molecule is COC(=O)c1nc(NC(=O)C2CCC(COCc3ccccc3)CC2)c(I)cc1Br. The predicted molar refractivity (Wildman–Crippen MR) is 126 cm³/mol. The molecule has 0 spiro atoms. The Kier molecular flexibility index (Phi) is 8.64. The van der Waals surface area contributed by atoms with Gasteiger partial charge in [-0.1, -0.05) is 30.3 Å². The van der Waals surface area contributed by atoms with E-state index in [1.54, 1.807) is 6.07 Å². The number of amides is 1. The van der Waals surface area contributed by atoms with Crippen molar-refractivity contribution in [2.45, 2.75) is 32.3 Å². The van der Waals surface area contributed by atoms with Crippen molar-refractivity contribution in [2.75, 3.05) is 19.0 Å². The van der Waals surface area contributed by atoms with Crippen molar-refractivity contribution in [2.24, 2.45) is 11.8 Å².